The molecule has 0 aliphatic rings. The third kappa shape index (κ3) is 4.09. The monoisotopic (exact) mass is 273 g/mol. The van der Waals surface area contributed by atoms with E-state index in [1.807, 2.05) is 6.20 Å². The van der Waals surface area contributed by atoms with E-state index in [-0.39, 0.29) is 0 Å². The number of fused-ring (bicyclic) bond motifs is 1. The van der Waals surface area contributed by atoms with Crippen molar-refractivity contribution < 1.29 is 0 Å². The number of hydrogen-bond donors (Lipinski definition) is 2. The van der Waals surface area contributed by atoms with Crippen LogP contribution >= 0.6 is 0 Å². The van der Waals surface area contributed by atoms with Crippen molar-refractivity contribution in [2.45, 2.75) is 39.3 Å². The molecule has 1 heterocycles. The van der Waals surface area contributed by atoms with E-state index in [4.69, 9.17) is 0 Å². The van der Waals surface area contributed by atoms with Crippen LogP contribution < -0.4 is 5.32 Å². The second kappa shape index (κ2) is 7.46. The highest BCUT2D eigenvalue weighted by Crippen LogP contribution is 2.16. The summed E-state index contributed by atoms with van der Waals surface area (Å²) in [5.74, 6) is 0. The fourth-order valence-corrected chi connectivity index (χ4v) is 2.40. The molecule has 2 rings (SSSR count). The zero-order chi connectivity index (χ0) is 14.4. The summed E-state index contributed by atoms with van der Waals surface area (Å²) in [7, 11) is 2.20. The van der Waals surface area contributed by atoms with E-state index >= 15 is 0 Å². The van der Waals surface area contributed by atoms with Gasteiger partial charge in [-0.3, -0.25) is 0 Å². The molecule has 2 N–H and O–H groups in total. The fraction of sp³-hybridized carbons (Fsp3) is 0.529. The first-order valence-electron chi connectivity index (χ1n) is 7.64. The molecular formula is C17H27N3. The molecule has 3 nitrogen and oxygen atoms in total. The van der Waals surface area contributed by atoms with E-state index in [2.05, 4.69) is 60.4 Å². The van der Waals surface area contributed by atoms with E-state index in [0.29, 0.717) is 6.04 Å². The maximum Gasteiger partial charge on any atom is 0.0457 e. The average molecular weight is 273 g/mol. The molecule has 0 bridgehead atoms. The number of aromatic amines is 1. The van der Waals surface area contributed by atoms with E-state index in [1.54, 1.807) is 0 Å². The Morgan fingerprint density at radius 2 is 2.05 bits per heavy atom. The van der Waals surface area contributed by atoms with Gasteiger partial charge in [-0.2, -0.15) is 0 Å². The number of aromatic nitrogens is 1. The van der Waals surface area contributed by atoms with Gasteiger partial charge in [0.15, 0.2) is 0 Å². The van der Waals surface area contributed by atoms with Gasteiger partial charge in [0.05, 0.1) is 0 Å². The van der Waals surface area contributed by atoms with Crippen LogP contribution in [0.15, 0.2) is 30.5 Å². The molecule has 0 radical (unpaired) electrons. The maximum absolute atomic E-state index is 3.55. The van der Waals surface area contributed by atoms with Gasteiger partial charge in [-0.15, -0.1) is 0 Å². The van der Waals surface area contributed by atoms with Crippen LogP contribution in [0.3, 0.4) is 0 Å². The zero-order valence-electron chi connectivity index (χ0n) is 12.9. The van der Waals surface area contributed by atoms with Crippen molar-refractivity contribution in [3.63, 3.8) is 0 Å². The SMILES string of the molecule is CC(C)N(C)CCCCNCc1cccc2[nH]ccc12. The van der Waals surface area contributed by atoms with E-state index in [9.17, 15) is 0 Å². The fourth-order valence-electron chi connectivity index (χ4n) is 2.40. The largest absolute Gasteiger partial charge is 0.361 e. The quantitative estimate of drug-likeness (QED) is 0.722. The van der Waals surface area contributed by atoms with Crippen molar-refractivity contribution in [3.8, 4) is 0 Å². The van der Waals surface area contributed by atoms with Gasteiger partial charge in [0, 0.05) is 29.7 Å². The summed E-state index contributed by atoms with van der Waals surface area (Å²) < 4.78 is 0. The van der Waals surface area contributed by atoms with Crippen molar-refractivity contribution in [2.75, 3.05) is 20.1 Å². The van der Waals surface area contributed by atoms with E-state index in [0.717, 1.165) is 13.1 Å². The van der Waals surface area contributed by atoms with Crippen molar-refractivity contribution in [1.29, 1.82) is 0 Å². The Kier molecular flexibility index (Phi) is 5.62. The van der Waals surface area contributed by atoms with Gasteiger partial charge in [-0.05, 0) is 64.5 Å². The lowest BCUT2D eigenvalue weighted by Gasteiger charge is -2.20. The summed E-state index contributed by atoms with van der Waals surface area (Å²) in [5.41, 5.74) is 2.60. The lowest BCUT2D eigenvalue weighted by Crippen LogP contribution is -2.27. The predicted octanol–water partition coefficient (Wildman–Crippen LogP) is 3.38. The summed E-state index contributed by atoms with van der Waals surface area (Å²) >= 11 is 0. The van der Waals surface area contributed by atoms with E-state index < -0.39 is 0 Å². The van der Waals surface area contributed by atoms with Gasteiger partial charge < -0.3 is 15.2 Å². The minimum Gasteiger partial charge on any atom is -0.361 e. The Bertz CT molecular complexity index is 516. The number of nitrogens with zero attached hydrogens (tertiary/aromatic N) is 1. The molecule has 0 fully saturated rings. The summed E-state index contributed by atoms with van der Waals surface area (Å²) in [6, 6.07) is 9.25. The highest BCUT2D eigenvalue weighted by Gasteiger charge is 2.03. The molecule has 1 aromatic heterocycles. The molecule has 1 aromatic carbocycles. The molecule has 0 unspecified atom stereocenters. The van der Waals surface area contributed by atoms with Crippen LogP contribution in [0.5, 0.6) is 0 Å². The number of hydrogen-bond acceptors (Lipinski definition) is 2. The first-order chi connectivity index (χ1) is 9.68. The number of H-pyrrole nitrogens is 1. The van der Waals surface area contributed by atoms with Crippen LogP contribution in [-0.4, -0.2) is 36.1 Å². The molecule has 20 heavy (non-hydrogen) atoms. The smallest absolute Gasteiger partial charge is 0.0457 e. The minimum absolute atomic E-state index is 0.647. The highest BCUT2D eigenvalue weighted by molar-refractivity contribution is 5.82. The average Bonchev–Trinajstić information content (AvgIpc) is 2.91. The summed E-state index contributed by atoms with van der Waals surface area (Å²) in [6.07, 6.45) is 4.51. The van der Waals surface area contributed by atoms with Crippen LogP contribution in [0.4, 0.5) is 0 Å². The van der Waals surface area contributed by atoms with Gasteiger partial charge in [-0.1, -0.05) is 12.1 Å². The molecule has 3 heteroatoms. The Morgan fingerprint density at radius 3 is 2.85 bits per heavy atom. The first kappa shape index (κ1) is 15.1. The second-order valence-corrected chi connectivity index (χ2v) is 5.81. The topological polar surface area (TPSA) is 31.1 Å². The second-order valence-electron chi connectivity index (χ2n) is 5.81. The summed E-state index contributed by atoms with van der Waals surface area (Å²) in [5, 5.41) is 4.89. The van der Waals surface area contributed by atoms with Crippen molar-refractivity contribution in [1.82, 2.24) is 15.2 Å². The molecule has 0 saturated heterocycles. The molecule has 0 aliphatic carbocycles. The van der Waals surface area contributed by atoms with Crippen LogP contribution in [0.1, 0.15) is 32.3 Å². The van der Waals surface area contributed by atoms with Gasteiger partial charge in [0.25, 0.3) is 0 Å². The standard InChI is InChI=1S/C17H27N3/c1-14(2)20(3)12-5-4-10-18-13-15-7-6-8-17-16(15)9-11-19-17/h6-9,11,14,18-19H,4-5,10,12-13H2,1-3H3. The molecular weight excluding hydrogens is 246 g/mol. The van der Waals surface area contributed by atoms with E-state index in [1.165, 1.54) is 35.9 Å². The third-order valence-corrected chi connectivity index (χ3v) is 4.00. The molecule has 0 atom stereocenters. The van der Waals surface area contributed by atoms with Gasteiger partial charge in [0.1, 0.15) is 0 Å². The Balaban J connectivity index is 1.68. The Morgan fingerprint density at radius 1 is 1.20 bits per heavy atom. The number of benzene rings is 1. The number of unbranched alkanes of at least 4 members (excludes halogenated alkanes) is 1. The lowest BCUT2D eigenvalue weighted by atomic mass is 10.1. The number of rotatable bonds is 8. The van der Waals surface area contributed by atoms with Gasteiger partial charge >= 0.3 is 0 Å². The van der Waals surface area contributed by atoms with Crippen molar-refractivity contribution >= 4 is 10.9 Å². The molecule has 0 saturated carbocycles. The Hall–Kier alpha value is -1.32. The summed E-state index contributed by atoms with van der Waals surface area (Å²) in [4.78, 5) is 5.66. The van der Waals surface area contributed by atoms with Gasteiger partial charge in [0.2, 0.25) is 0 Å². The lowest BCUT2D eigenvalue weighted by molar-refractivity contribution is 0.268. The van der Waals surface area contributed by atoms with Crippen LogP contribution in [0.25, 0.3) is 10.9 Å². The van der Waals surface area contributed by atoms with Crippen molar-refractivity contribution in [3.05, 3.63) is 36.0 Å². The van der Waals surface area contributed by atoms with Crippen LogP contribution in [0.2, 0.25) is 0 Å². The Labute approximate surface area is 122 Å². The van der Waals surface area contributed by atoms with Crippen LogP contribution in [-0.2, 0) is 6.54 Å². The minimum atomic E-state index is 0.647. The zero-order valence-corrected chi connectivity index (χ0v) is 12.9. The molecule has 110 valence electrons. The number of nitrogens with one attached hydrogen (secondary N) is 2. The first-order valence-corrected chi connectivity index (χ1v) is 7.64. The summed E-state index contributed by atoms with van der Waals surface area (Å²) in [6.45, 7) is 7.72. The van der Waals surface area contributed by atoms with Crippen molar-refractivity contribution in [2.24, 2.45) is 0 Å². The highest BCUT2D eigenvalue weighted by atomic mass is 15.1. The molecule has 2 aromatic rings. The predicted molar refractivity (Wildman–Crippen MR) is 87.0 cm³/mol. The molecule has 0 spiro atoms. The maximum atomic E-state index is 3.55. The van der Waals surface area contributed by atoms with Crippen LogP contribution in [0, 0.1) is 0 Å². The third-order valence-electron chi connectivity index (χ3n) is 4.00. The molecule has 0 amide bonds. The van der Waals surface area contributed by atoms with Gasteiger partial charge in [-0.25, -0.2) is 0 Å². The normalized spacial score (nSPS) is 11.8. The molecule has 0 aliphatic heterocycles.